The zero-order valence-electron chi connectivity index (χ0n) is 13.4. The molecule has 1 aromatic carbocycles. The van der Waals surface area contributed by atoms with Crippen molar-refractivity contribution in [2.45, 2.75) is 18.7 Å². The van der Waals surface area contributed by atoms with Crippen molar-refractivity contribution in [2.75, 3.05) is 19.4 Å². The number of aryl methyl sites for hydroxylation is 1. The van der Waals surface area contributed by atoms with Gasteiger partial charge in [-0.3, -0.25) is 4.79 Å². The number of aromatic amines is 1. The summed E-state index contributed by atoms with van der Waals surface area (Å²) >= 11 is 1.68. The summed E-state index contributed by atoms with van der Waals surface area (Å²) in [4.78, 5) is 28.1. The average Bonchev–Trinajstić information content (AvgIpc) is 2.86. The highest BCUT2D eigenvalue weighted by Crippen LogP contribution is 2.19. The van der Waals surface area contributed by atoms with Gasteiger partial charge in [0.25, 0.3) is 5.91 Å². The second-order valence-electron chi connectivity index (χ2n) is 5.03. The third kappa shape index (κ3) is 4.16. The quantitative estimate of drug-likeness (QED) is 0.485. The number of aromatic nitrogens is 1. The number of hydrogen-bond donors (Lipinski definition) is 2. The maximum absolute atomic E-state index is 12.2. The van der Waals surface area contributed by atoms with E-state index in [1.165, 1.54) is 12.0 Å². The van der Waals surface area contributed by atoms with Gasteiger partial charge in [-0.05, 0) is 31.5 Å². The largest absolute Gasteiger partial charge is 0.465 e. The topological polar surface area (TPSA) is 71.2 Å². The molecule has 6 heteroatoms. The lowest BCUT2D eigenvalue weighted by Crippen LogP contribution is -2.26. The highest BCUT2D eigenvalue weighted by atomic mass is 32.2. The molecule has 122 valence electrons. The van der Waals surface area contributed by atoms with Gasteiger partial charge in [0.2, 0.25) is 0 Å². The first-order valence-electron chi connectivity index (χ1n) is 7.28. The number of H-pyrrole nitrogens is 1. The van der Waals surface area contributed by atoms with E-state index in [4.69, 9.17) is 4.74 Å². The smallest absolute Gasteiger partial charge is 0.339 e. The van der Waals surface area contributed by atoms with Gasteiger partial charge in [0.05, 0.1) is 12.7 Å². The molecule has 0 aliphatic carbocycles. The van der Waals surface area contributed by atoms with E-state index in [9.17, 15) is 9.59 Å². The molecule has 1 amide bonds. The zero-order valence-corrected chi connectivity index (χ0v) is 14.3. The van der Waals surface area contributed by atoms with Gasteiger partial charge in [-0.15, -0.1) is 11.8 Å². The van der Waals surface area contributed by atoms with Crippen LogP contribution in [-0.2, 0) is 4.74 Å². The molecule has 2 N–H and O–H groups in total. The Hall–Kier alpha value is -2.21. The van der Waals surface area contributed by atoms with Gasteiger partial charge in [0, 0.05) is 22.9 Å². The van der Waals surface area contributed by atoms with Gasteiger partial charge < -0.3 is 15.0 Å². The number of nitrogens with one attached hydrogen (secondary N) is 2. The van der Waals surface area contributed by atoms with Gasteiger partial charge in [-0.25, -0.2) is 4.79 Å². The first-order chi connectivity index (χ1) is 11.0. The Labute approximate surface area is 139 Å². The molecule has 0 saturated heterocycles. The van der Waals surface area contributed by atoms with Gasteiger partial charge in [0.15, 0.2) is 0 Å². The summed E-state index contributed by atoms with van der Waals surface area (Å²) in [6, 6.07) is 10.0. The number of benzene rings is 1. The summed E-state index contributed by atoms with van der Waals surface area (Å²) in [5, 5.41) is 2.86. The van der Waals surface area contributed by atoms with Crippen molar-refractivity contribution in [3.05, 3.63) is 52.8 Å². The van der Waals surface area contributed by atoms with Crippen LogP contribution in [-0.4, -0.2) is 36.3 Å². The van der Waals surface area contributed by atoms with Crippen LogP contribution in [0.4, 0.5) is 0 Å². The summed E-state index contributed by atoms with van der Waals surface area (Å²) in [5.41, 5.74) is 2.09. The number of hydrogen-bond acceptors (Lipinski definition) is 4. The third-order valence-corrected chi connectivity index (χ3v) is 4.47. The third-order valence-electron chi connectivity index (χ3n) is 3.45. The van der Waals surface area contributed by atoms with Crippen LogP contribution < -0.4 is 5.32 Å². The second-order valence-corrected chi connectivity index (χ2v) is 6.20. The molecule has 2 aromatic rings. The Morgan fingerprint density at radius 2 is 1.91 bits per heavy atom. The molecule has 0 aliphatic heterocycles. The number of ether oxygens (including phenoxy) is 1. The van der Waals surface area contributed by atoms with E-state index in [1.54, 1.807) is 25.6 Å². The molecule has 0 unspecified atom stereocenters. The summed E-state index contributed by atoms with van der Waals surface area (Å²) in [6.45, 7) is 4.04. The standard InChI is InChI=1S/C17H20N2O3S/c1-11-14(17(21)22-3)12(2)19-15(11)16(20)18-9-10-23-13-7-5-4-6-8-13/h4-8,19H,9-10H2,1-3H3,(H,18,20). The molecule has 0 aliphatic rings. The number of carbonyl (C=O) groups excluding carboxylic acids is 2. The minimum Gasteiger partial charge on any atom is -0.465 e. The number of amides is 1. The van der Waals surface area contributed by atoms with Crippen LogP contribution in [0, 0.1) is 13.8 Å². The highest BCUT2D eigenvalue weighted by molar-refractivity contribution is 7.99. The average molecular weight is 332 g/mol. The highest BCUT2D eigenvalue weighted by Gasteiger charge is 2.22. The predicted molar refractivity (Wildman–Crippen MR) is 91.1 cm³/mol. The molecule has 0 fully saturated rings. The molecule has 0 spiro atoms. The number of methoxy groups -OCH3 is 1. The van der Waals surface area contributed by atoms with E-state index in [0.29, 0.717) is 29.1 Å². The fraction of sp³-hybridized carbons (Fsp3) is 0.294. The Morgan fingerprint density at radius 1 is 1.22 bits per heavy atom. The van der Waals surface area contributed by atoms with Gasteiger partial charge in [0.1, 0.15) is 5.69 Å². The Balaban J connectivity index is 1.92. The van der Waals surface area contributed by atoms with E-state index in [-0.39, 0.29) is 5.91 Å². The molecule has 5 nitrogen and oxygen atoms in total. The molecule has 0 atom stereocenters. The van der Waals surface area contributed by atoms with Gasteiger partial charge >= 0.3 is 5.97 Å². The second kappa shape index (κ2) is 7.87. The summed E-state index contributed by atoms with van der Waals surface area (Å²) in [7, 11) is 1.33. The van der Waals surface area contributed by atoms with Crippen LogP contribution in [0.1, 0.15) is 32.1 Å². The van der Waals surface area contributed by atoms with Crippen molar-refractivity contribution in [2.24, 2.45) is 0 Å². The Bertz CT molecular complexity index is 695. The maximum atomic E-state index is 12.2. The zero-order chi connectivity index (χ0) is 16.8. The minimum absolute atomic E-state index is 0.214. The lowest BCUT2D eigenvalue weighted by atomic mass is 10.1. The summed E-state index contributed by atoms with van der Waals surface area (Å²) in [6.07, 6.45) is 0. The Morgan fingerprint density at radius 3 is 2.57 bits per heavy atom. The van der Waals surface area contributed by atoms with E-state index >= 15 is 0 Å². The minimum atomic E-state index is -0.435. The molecule has 2 rings (SSSR count). The number of rotatable bonds is 6. The maximum Gasteiger partial charge on any atom is 0.339 e. The number of carbonyl (C=O) groups is 2. The molecule has 1 aromatic heterocycles. The van der Waals surface area contributed by atoms with E-state index < -0.39 is 5.97 Å². The van der Waals surface area contributed by atoms with E-state index in [0.717, 1.165) is 5.75 Å². The van der Waals surface area contributed by atoms with E-state index in [1.807, 2.05) is 30.3 Å². The monoisotopic (exact) mass is 332 g/mol. The fourth-order valence-electron chi connectivity index (χ4n) is 2.32. The van der Waals surface area contributed by atoms with Crippen LogP contribution >= 0.6 is 11.8 Å². The SMILES string of the molecule is COC(=O)c1c(C)[nH]c(C(=O)NCCSc2ccccc2)c1C. The molecule has 1 heterocycles. The first-order valence-corrected chi connectivity index (χ1v) is 8.26. The lowest BCUT2D eigenvalue weighted by molar-refractivity contribution is 0.0599. The van der Waals surface area contributed by atoms with Crippen LogP contribution in [0.3, 0.4) is 0 Å². The molecule has 0 saturated carbocycles. The van der Waals surface area contributed by atoms with Crippen LogP contribution in [0.25, 0.3) is 0 Å². The van der Waals surface area contributed by atoms with Crippen molar-refractivity contribution in [1.82, 2.24) is 10.3 Å². The van der Waals surface area contributed by atoms with Crippen LogP contribution in [0.5, 0.6) is 0 Å². The van der Waals surface area contributed by atoms with Crippen molar-refractivity contribution >= 4 is 23.6 Å². The van der Waals surface area contributed by atoms with Crippen LogP contribution in [0.15, 0.2) is 35.2 Å². The molecule has 0 radical (unpaired) electrons. The molecule has 23 heavy (non-hydrogen) atoms. The number of thioether (sulfide) groups is 1. The van der Waals surface area contributed by atoms with Crippen molar-refractivity contribution in [1.29, 1.82) is 0 Å². The van der Waals surface area contributed by atoms with Gasteiger partial charge in [-0.2, -0.15) is 0 Å². The predicted octanol–water partition coefficient (Wildman–Crippen LogP) is 2.94. The fourth-order valence-corrected chi connectivity index (χ4v) is 3.11. The molecule has 0 bridgehead atoms. The molecular formula is C17H20N2O3S. The Kier molecular flexibility index (Phi) is 5.87. The summed E-state index contributed by atoms with van der Waals surface area (Å²) < 4.78 is 4.74. The molecular weight excluding hydrogens is 312 g/mol. The van der Waals surface area contributed by atoms with Crippen molar-refractivity contribution in [3.8, 4) is 0 Å². The van der Waals surface area contributed by atoms with Crippen molar-refractivity contribution in [3.63, 3.8) is 0 Å². The van der Waals surface area contributed by atoms with Crippen LogP contribution in [0.2, 0.25) is 0 Å². The normalized spacial score (nSPS) is 10.4. The lowest BCUT2D eigenvalue weighted by Gasteiger charge is -2.05. The van der Waals surface area contributed by atoms with E-state index in [2.05, 4.69) is 10.3 Å². The number of esters is 1. The summed E-state index contributed by atoms with van der Waals surface area (Å²) in [5.74, 6) is 0.127. The van der Waals surface area contributed by atoms with Gasteiger partial charge in [-0.1, -0.05) is 18.2 Å². The van der Waals surface area contributed by atoms with Crippen molar-refractivity contribution < 1.29 is 14.3 Å². The first kappa shape index (κ1) is 17.1.